The van der Waals surface area contributed by atoms with Gasteiger partial charge in [-0.2, -0.15) is 5.10 Å². The van der Waals surface area contributed by atoms with Crippen LogP contribution in [0, 0.1) is 5.92 Å². The maximum absolute atomic E-state index is 11.8. The average Bonchev–Trinajstić information content (AvgIpc) is 3.06. The summed E-state index contributed by atoms with van der Waals surface area (Å²) >= 11 is 0. The summed E-state index contributed by atoms with van der Waals surface area (Å²) in [5.74, 6) is 0.00127. The van der Waals surface area contributed by atoms with Gasteiger partial charge in [0, 0.05) is 19.7 Å². The van der Waals surface area contributed by atoms with Crippen LogP contribution in [0.3, 0.4) is 0 Å². The van der Waals surface area contributed by atoms with Crippen LogP contribution < -0.4 is 4.90 Å². The number of esters is 1. The molecule has 2 fully saturated rings. The predicted molar refractivity (Wildman–Crippen MR) is 82.6 cm³/mol. The van der Waals surface area contributed by atoms with E-state index in [1.54, 1.807) is 0 Å². The molecule has 1 aromatic heterocycles. The maximum atomic E-state index is 11.8. The molecule has 0 aliphatic carbocycles. The van der Waals surface area contributed by atoms with Crippen molar-refractivity contribution in [3.8, 4) is 0 Å². The van der Waals surface area contributed by atoms with Gasteiger partial charge in [0.15, 0.2) is 0 Å². The van der Waals surface area contributed by atoms with Crippen molar-refractivity contribution >= 4 is 11.7 Å². The summed E-state index contributed by atoms with van der Waals surface area (Å²) in [5, 5.41) is 4.46. The maximum Gasteiger partial charge on any atom is 0.309 e. The smallest absolute Gasteiger partial charge is 0.309 e. The van der Waals surface area contributed by atoms with E-state index < -0.39 is 0 Å². The average molecular weight is 307 g/mol. The first-order valence-corrected chi connectivity index (χ1v) is 8.35. The topological polar surface area (TPSA) is 56.6 Å². The van der Waals surface area contributed by atoms with Gasteiger partial charge in [-0.25, -0.2) is 4.68 Å². The molecule has 1 atom stereocenters. The molecule has 22 heavy (non-hydrogen) atoms. The third-order valence-electron chi connectivity index (χ3n) is 4.52. The second-order valence-electron chi connectivity index (χ2n) is 6.01. The van der Waals surface area contributed by atoms with Crippen molar-refractivity contribution in [3.63, 3.8) is 0 Å². The van der Waals surface area contributed by atoms with Gasteiger partial charge in [0.1, 0.15) is 6.23 Å². The molecule has 0 saturated carbocycles. The molecule has 122 valence electrons. The molecule has 2 saturated heterocycles. The molecule has 2 aliphatic rings. The zero-order valence-electron chi connectivity index (χ0n) is 13.2. The number of rotatable bonds is 4. The summed E-state index contributed by atoms with van der Waals surface area (Å²) in [6, 6.07) is 0. The molecule has 0 radical (unpaired) electrons. The molecular weight excluding hydrogens is 282 g/mol. The molecule has 0 bridgehead atoms. The third kappa shape index (κ3) is 3.43. The number of carbonyl (C=O) groups excluding carboxylic acids is 1. The van der Waals surface area contributed by atoms with Gasteiger partial charge in [0.25, 0.3) is 0 Å². The highest BCUT2D eigenvalue weighted by atomic mass is 16.5. The van der Waals surface area contributed by atoms with E-state index in [-0.39, 0.29) is 18.1 Å². The van der Waals surface area contributed by atoms with Crippen molar-refractivity contribution in [2.24, 2.45) is 5.92 Å². The summed E-state index contributed by atoms with van der Waals surface area (Å²) in [5.41, 5.74) is 1.12. The lowest BCUT2D eigenvalue weighted by Crippen LogP contribution is -2.36. The molecule has 6 nitrogen and oxygen atoms in total. The number of nitrogens with zero attached hydrogens (tertiary/aromatic N) is 3. The first-order chi connectivity index (χ1) is 10.8. The first kappa shape index (κ1) is 15.3. The van der Waals surface area contributed by atoms with Crippen molar-refractivity contribution in [2.45, 2.75) is 45.3 Å². The Bertz CT molecular complexity index is 489. The van der Waals surface area contributed by atoms with E-state index in [0.29, 0.717) is 6.61 Å². The van der Waals surface area contributed by atoms with E-state index in [1.165, 1.54) is 6.42 Å². The van der Waals surface area contributed by atoms with Crippen molar-refractivity contribution in [1.82, 2.24) is 9.78 Å². The highest BCUT2D eigenvalue weighted by molar-refractivity contribution is 5.72. The van der Waals surface area contributed by atoms with Crippen LogP contribution in [0.15, 0.2) is 12.4 Å². The largest absolute Gasteiger partial charge is 0.466 e. The molecule has 0 amide bonds. The Kier molecular flexibility index (Phi) is 4.97. The molecule has 2 aliphatic heterocycles. The second-order valence-corrected chi connectivity index (χ2v) is 6.01. The number of piperidine rings is 1. The fraction of sp³-hybridized carbons (Fsp3) is 0.750. The minimum atomic E-state index is -0.0477. The number of aromatic nitrogens is 2. The van der Waals surface area contributed by atoms with Crippen LogP contribution in [-0.4, -0.2) is 42.1 Å². The summed E-state index contributed by atoms with van der Waals surface area (Å²) in [4.78, 5) is 14.1. The number of anilines is 1. The lowest BCUT2D eigenvalue weighted by atomic mass is 9.97. The van der Waals surface area contributed by atoms with Gasteiger partial charge in [-0.1, -0.05) is 0 Å². The highest BCUT2D eigenvalue weighted by Crippen LogP contribution is 2.27. The van der Waals surface area contributed by atoms with Gasteiger partial charge in [-0.05, 0) is 39.0 Å². The Morgan fingerprint density at radius 2 is 2.18 bits per heavy atom. The van der Waals surface area contributed by atoms with Crippen LogP contribution in [0.1, 0.15) is 45.3 Å². The monoisotopic (exact) mass is 307 g/mol. The van der Waals surface area contributed by atoms with Crippen LogP contribution in [0.25, 0.3) is 0 Å². The Balaban J connectivity index is 1.55. The second kappa shape index (κ2) is 7.13. The lowest BCUT2D eigenvalue weighted by molar-refractivity contribution is -0.148. The van der Waals surface area contributed by atoms with E-state index in [2.05, 4.69) is 16.2 Å². The van der Waals surface area contributed by atoms with Crippen LogP contribution in [0.2, 0.25) is 0 Å². The van der Waals surface area contributed by atoms with Gasteiger partial charge in [-0.3, -0.25) is 4.79 Å². The molecule has 0 spiro atoms. The Hall–Kier alpha value is -1.56. The Morgan fingerprint density at radius 3 is 2.86 bits per heavy atom. The van der Waals surface area contributed by atoms with Crippen LogP contribution >= 0.6 is 0 Å². The van der Waals surface area contributed by atoms with Crippen LogP contribution in [0.4, 0.5) is 5.69 Å². The number of carbonyl (C=O) groups is 1. The fourth-order valence-corrected chi connectivity index (χ4v) is 3.21. The van der Waals surface area contributed by atoms with Crippen molar-refractivity contribution in [2.75, 3.05) is 31.2 Å². The van der Waals surface area contributed by atoms with Gasteiger partial charge in [0.05, 0.1) is 30.6 Å². The van der Waals surface area contributed by atoms with Crippen molar-refractivity contribution < 1.29 is 14.3 Å². The SMILES string of the molecule is CCOC(=O)C1CCN(c2cnn(C3CCCCO3)c2)CC1. The molecule has 0 N–H and O–H groups in total. The summed E-state index contributed by atoms with van der Waals surface area (Å²) in [7, 11) is 0. The Labute approximate surface area is 131 Å². The molecule has 1 unspecified atom stereocenters. The summed E-state index contributed by atoms with van der Waals surface area (Å²) < 4.78 is 12.8. The number of ether oxygens (including phenoxy) is 2. The minimum Gasteiger partial charge on any atom is -0.466 e. The predicted octanol–water partition coefficient (Wildman–Crippen LogP) is 2.36. The molecule has 3 heterocycles. The zero-order valence-corrected chi connectivity index (χ0v) is 13.2. The van der Waals surface area contributed by atoms with Crippen molar-refractivity contribution in [1.29, 1.82) is 0 Å². The molecule has 3 rings (SSSR count). The van der Waals surface area contributed by atoms with Gasteiger partial charge < -0.3 is 14.4 Å². The zero-order chi connectivity index (χ0) is 15.4. The normalized spacial score (nSPS) is 23.5. The van der Waals surface area contributed by atoms with Gasteiger partial charge in [-0.15, -0.1) is 0 Å². The number of hydrogen-bond donors (Lipinski definition) is 0. The highest BCUT2D eigenvalue weighted by Gasteiger charge is 2.27. The van der Waals surface area contributed by atoms with Gasteiger partial charge in [0.2, 0.25) is 0 Å². The quantitative estimate of drug-likeness (QED) is 0.799. The third-order valence-corrected chi connectivity index (χ3v) is 4.52. The van der Waals surface area contributed by atoms with Crippen LogP contribution in [0.5, 0.6) is 0 Å². The molecular formula is C16H25N3O3. The molecule has 0 aromatic carbocycles. The molecule has 1 aromatic rings. The Morgan fingerprint density at radius 1 is 1.36 bits per heavy atom. The number of hydrogen-bond acceptors (Lipinski definition) is 5. The van der Waals surface area contributed by atoms with E-state index in [0.717, 1.165) is 51.1 Å². The minimum absolute atomic E-state index is 0.0477. The standard InChI is InChI=1S/C16H25N3O3/c1-2-21-16(20)13-6-8-18(9-7-13)14-11-17-19(12-14)15-5-3-4-10-22-15/h11-13,15H,2-10H2,1H3. The molecule has 6 heteroatoms. The van der Waals surface area contributed by atoms with E-state index in [1.807, 2.05) is 17.8 Å². The van der Waals surface area contributed by atoms with E-state index in [9.17, 15) is 4.79 Å². The van der Waals surface area contributed by atoms with E-state index >= 15 is 0 Å². The van der Waals surface area contributed by atoms with E-state index in [4.69, 9.17) is 9.47 Å². The first-order valence-electron chi connectivity index (χ1n) is 8.35. The van der Waals surface area contributed by atoms with Crippen LogP contribution in [-0.2, 0) is 14.3 Å². The summed E-state index contributed by atoms with van der Waals surface area (Å²) in [6.45, 7) is 4.90. The fourth-order valence-electron chi connectivity index (χ4n) is 3.21. The summed E-state index contributed by atoms with van der Waals surface area (Å²) in [6.07, 6.45) is 9.14. The van der Waals surface area contributed by atoms with Gasteiger partial charge >= 0.3 is 5.97 Å². The van der Waals surface area contributed by atoms with Crippen molar-refractivity contribution in [3.05, 3.63) is 12.4 Å². The lowest BCUT2D eigenvalue weighted by Gasteiger charge is -2.31.